The van der Waals surface area contributed by atoms with Crippen LogP contribution in [0.3, 0.4) is 0 Å². The highest BCUT2D eigenvalue weighted by molar-refractivity contribution is 6.37. The van der Waals surface area contributed by atoms with Gasteiger partial charge in [-0.25, -0.2) is 4.90 Å². The van der Waals surface area contributed by atoms with E-state index in [4.69, 9.17) is 0 Å². The third-order valence-electron chi connectivity index (χ3n) is 4.56. The number of nitrogens with zero attached hydrogens (tertiary/aromatic N) is 2. The van der Waals surface area contributed by atoms with Crippen molar-refractivity contribution in [2.45, 2.75) is 12.6 Å². The second-order valence-electron chi connectivity index (χ2n) is 5.89. The molecule has 0 radical (unpaired) electrons. The van der Waals surface area contributed by atoms with Crippen molar-refractivity contribution in [1.29, 1.82) is 0 Å². The SMILES string of the molecule is CN1C(=O)C2=C(CC=C3C(=O)N(c4ccccc4)C(=O)C3=C2)C1O. The van der Waals surface area contributed by atoms with E-state index in [1.54, 1.807) is 36.4 Å². The fourth-order valence-corrected chi connectivity index (χ4v) is 3.25. The molecule has 4 rings (SSSR count). The van der Waals surface area contributed by atoms with Crippen molar-refractivity contribution in [3.63, 3.8) is 0 Å². The summed E-state index contributed by atoms with van der Waals surface area (Å²) in [5.41, 5.74) is 1.78. The summed E-state index contributed by atoms with van der Waals surface area (Å²) in [5, 5.41) is 10.1. The lowest BCUT2D eigenvalue weighted by Crippen LogP contribution is -2.31. The largest absolute Gasteiger partial charge is 0.369 e. The van der Waals surface area contributed by atoms with E-state index < -0.39 is 18.0 Å². The van der Waals surface area contributed by atoms with Crippen molar-refractivity contribution < 1.29 is 19.5 Å². The maximum Gasteiger partial charge on any atom is 0.266 e. The van der Waals surface area contributed by atoms with Crippen LogP contribution in [-0.2, 0) is 14.4 Å². The Bertz CT molecular complexity index is 880. The predicted octanol–water partition coefficient (Wildman–Crippen LogP) is 0.903. The van der Waals surface area contributed by atoms with E-state index in [2.05, 4.69) is 0 Å². The quantitative estimate of drug-likeness (QED) is 0.780. The molecule has 1 unspecified atom stereocenters. The van der Waals surface area contributed by atoms with Crippen molar-refractivity contribution in [3.8, 4) is 0 Å². The van der Waals surface area contributed by atoms with Crippen molar-refractivity contribution in [3.05, 3.63) is 64.8 Å². The Labute approximate surface area is 138 Å². The fraction of sp³-hybridized carbons (Fsp3) is 0.167. The van der Waals surface area contributed by atoms with Crippen molar-refractivity contribution in [2.75, 3.05) is 11.9 Å². The molecular weight excluding hydrogens is 308 g/mol. The van der Waals surface area contributed by atoms with Gasteiger partial charge in [-0.3, -0.25) is 14.4 Å². The van der Waals surface area contributed by atoms with Gasteiger partial charge >= 0.3 is 0 Å². The number of anilines is 1. The van der Waals surface area contributed by atoms with Crippen LogP contribution >= 0.6 is 0 Å². The first-order valence-corrected chi connectivity index (χ1v) is 7.55. The first kappa shape index (κ1) is 14.6. The maximum atomic E-state index is 12.7. The van der Waals surface area contributed by atoms with Crippen LogP contribution in [0.5, 0.6) is 0 Å². The Morgan fingerprint density at radius 1 is 1.00 bits per heavy atom. The summed E-state index contributed by atoms with van der Waals surface area (Å²) >= 11 is 0. The number of rotatable bonds is 1. The van der Waals surface area contributed by atoms with Gasteiger partial charge in [-0.1, -0.05) is 24.3 Å². The van der Waals surface area contributed by atoms with Crippen LogP contribution in [0.2, 0.25) is 0 Å². The number of para-hydroxylation sites is 1. The van der Waals surface area contributed by atoms with Crippen LogP contribution < -0.4 is 4.90 Å². The van der Waals surface area contributed by atoms with E-state index in [1.807, 2.05) is 0 Å². The van der Waals surface area contributed by atoms with E-state index in [9.17, 15) is 19.5 Å². The standard InChI is InChI=1S/C18H14N2O4/c1-19-15(21)11-7-8-12-14(9-13(11)16(19)22)18(24)20(17(12)23)10-5-3-2-4-6-10/h2-6,8-9,15,21H,7H2,1H3. The minimum absolute atomic E-state index is 0.199. The summed E-state index contributed by atoms with van der Waals surface area (Å²) in [4.78, 5) is 40.0. The number of carbonyl (C=O) groups excluding carboxylic acids is 3. The van der Waals surface area contributed by atoms with Gasteiger partial charge in [0.25, 0.3) is 17.7 Å². The molecule has 1 aromatic rings. The normalized spacial score (nSPS) is 23.2. The number of benzene rings is 1. The second-order valence-corrected chi connectivity index (χ2v) is 5.89. The molecule has 1 N–H and O–H groups in total. The number of allylic oxidation sites excluding steroid dienone is 1. The molecule has 6 heteroatoms. The van der Waals surface area contributed by atoms with Crippen molar-refractivity contribution >= 4 is 23.4 Å². The molecule has 1 aromatic carbocycles. The third kappa shape index (κ3) is 1.83. The average Bonchev–Trinajstić information content (AvgIpc) is 2.85. The topological polar surface area (TPSA) is 77.9 Å². The Kier molecular flexibility index (Phi) is 3.04. The van der Waals surface area contributed by atoms with Crippen molar-refractivity contribution in [2.24, 2.45) is 0 Å². The summed E-state index contributed by atoms with van der Waals surface area (Å²) in [5.74, 6) is -1.21. The van der Waals surface area contributed by atoms with E-state index in [-0.39, 0.29) is 23.5 Å². The highest BCUT2D eigenvalue weighted by atomic mass is 16.3. The molecule has 0 bridgehead atoms. The molecule has 0 aromatic heterocycles. The molecular formula is C18H14N2O4. The van der Waals surface area contributed by atoms with Gasteiger partial charge in [0.1, 0.15) is 0 Å². The van der Waals surface area contributed by atoms with Crippen LogP contribution in [0.4, 0.5) is 5.69 Å². The fourth-order valence-electron chi connectivity index (χ4n) is 3.25. The summed E-state index contributed by atoms with van der Waals surface area (Å²) in [6, 6.07) is 8.67. The minimum Gasteiger partial charge on any atom is -0.369 e. The van der Waals surface area contributed by atoms with E-state index in [0.717, 1.165) is 4.90 Å². The minimum atomic E-state index is -1.02. The predicted molar refractivity (Wildman–Crippen MR) is 85.5 cm³/mol. The van der Waals surface area contributed by atoms with Gasteiger partial charge < -0.3 is 10.0 Å². The molecule has 2 aliphatic heterocycles. The van der Waals surface area contributed by atoms with Crippen LogP contribution in [0.1, 0.15) is 6.42 Å². The summed E-state index contributed by atoms with van der Waals surface area (Å²) in [6.07, 6.45) is 2.29. The maximum absolute atomic E-state index is 12.7. The molecule has 6 nitrogen and oxygen atoms in total. The van der Waals surface area contributed by atoms with Crippen LogP contribution in [0.25, 0.3) is 0 Å². The van der Waals surface area contributed by atoms with E-state index >= 15 is 0 Å². The molecule has 1 atom stereocenters. The van der Waals surface area contributed by atoms with Gasteiger partial charge in [-0.2, -0.15) is 0 Å². The molecule has 1 saturated heterocycles. The number of carbonyl (C=O) groups is 3. The highest BCUT2D eigenvalue weighted by Crippen LogP contribution is 2.37. The lowest BCUT2D eigenvalue weighted by Gasteiger charge is -2.16. The average molecular weight is 322 g/mol. The van der Waals surface area contributed by atoms with Crippen LogP contribution in [-0.4, -0.2) is 41.0 Å². The first-order chi connectivity index (χ1) is 11.5. The van der Waals surface area contributed by atoms with Gasteiger partial charge in [0.2, 0.25) is 0 Å². The van der Waals surface area contributed by atoms with Crippen LogP contribution in [0, 0.1) is 0 Å². The molecule has 3 aliphatic rings. The lowest BCUT2D eigenvalue weighted by atomic mass is 10.1. The van der Waals surface area contributed by atoms with Crippen molar-refractivity contribution in [1.82, 2.24) is 4.90 Å². The summed E-state index contributed by atoms with van der Waals surface area (Å²) in [7, 11) is 1.50. The van der Waals surface area contributed by atoms with Gasteiger partial charge in [-0.05, 0) is 30.2 Å². The number of amides is 3. The molecule has 3 amide bonds. The van der Waals surface area contributed by atoms with Gasteiger partial charge in [0, 0.05) is 18.2 Å². The molecule has 24 heavy (non-hydrogen) atoms. The molecule has 120 valence electrons. The summed E-state index contributed by atoms with van der Waals surface area (Å²) in [6.45, 7) is 0. The molecule has 2 heterocycles. The molecule has 1 fully saturated rings. The zero-order valence-corrected chi connectivity index (χ0v) is 12.9. The zero-order chi connectivity index (χ0) is 17.0. The molecule has 0 spiro atoms. The Morgan fingerprint density at radius 3 is 2.38 bits per heavy atom. The summed E-state index contributed by atoms with van der Waals surface area (Å²) < 4.78 is 0. The smallest absolute Gasteiger partial charge is 0.266 e. The van der Waals surface area contributed by atoms with Gasteiger partial charge in [-0.15, -0.1) is 0 Å². The Hall–Kier alpha value is -2.99. The third-order valence-corrected chi connectivity index (χ3v) is 4.56. The number of likely N-dealkylation sites (N-methyl/N-ethyl adjacent to an activating group) is 1. The Balaban J connectivity index is 1.82. The number of aliphatic hydroxyl groups excluding tert-OH is 1. The van der Waals surface area contributed by atoms with E-state index in [1.165, 1.54) is 18.0 Å². The van der Waals surface area contributed by atoms with Gasteiger partial charge in [0.05, 0.1) is 11.3 Å². The Morgan fingerprint density at radius 2 is 1.67 bits per heavy atom. The lowest BCUT2D eigenvalue weighted by molar-refractivity contribution is -0.129. The van der Waals surface area contributed by atoms with Gasteiger partial charge in [0.15, 0.2) is 6.23 Å². The highest BCUT2D eigenvalue weighted by Gasteiger charge is 2.43. The first-order valence-electron chi connectivity index (χ1n) is 7.55. The number of aliphatic hydroxyl groups is 1. The monoisotopic (exact) mass is 322 g/mol. The second kappa shape index (κ2) is 5.01. The molecule has 0 saturated carbocycles. The van der Waals surface area contributed by atoms with E-state index in [0.29, 0.717) is 16.8 Å². The number of hydrogen-bond acceptors (Lipinski definition) is 4. The van der Waals surface area contributed by atoms with Crippen LogP contribution in [0.15, 0.2) is 64.8 Å². The number of imide groups is 1. The number of fused-ring (bicyclic) bond motifs is 1. The molecule has 1 aliphatic carbocycles. The number of hydrogen-bond donors (Lipinski definition) is 1. The zero-order valence-electron chi connectivity index (χ0n) is 12.9.